The van der Waals surface area contributed by atoms with Gasteiger partial charge in [0.05, 0.1) is 45.3 Å². The van der Waals surface area contributed by atoms with Crippen LogP contribution in [0.4, 0.5) is 5.69 Å². The number of nitro groups is 1. The standard InChI is InChI=1S/C18H20N2O7S/c1-24-14-6-5-11(7-15(14)25-2)28-10-19-18(21)12-8-16(26-3)17(27-4)9-13(12)20(22)23/h5-9H,10H2,1-4H3,(H,19,21). The minimum absolute atomic E-state index is 0.115. The number of benzene rings is 2. The van der Waals surface area contributed by atoms with Gasteiger partial charge >= 0.3 is 0 Å². The molecule has 0 fully saturated rings. The maximum Gasteiger partial charge on any atom is 0.286 e. The van der Waals surface area contributed by atoms with Crippen molar-refractivity contribution in [3.8, 4) is 23.0 Å². The van der Waals surface area contributed by atoms with Crippen LogP contribution in [0.15, 0.2) is 35.2 Å². The summed E-state index contributed by atoms with van der Waals surface area (Å²) in [5, 5.41) is 14.0. The lowest BCUT2D eigenvalue weighted by Crippen LogP contribution is -2.23. The van der Waals surface area contributed by atoms with E-state index in [1.54, 1.807) is 19.2 Å². The molecule has 0 radical (unpaired) electrons. The Kier molecular flexibility index (Phi) is 7.33. The second-order valence-corrected chi connectivity index (χ2v) is 6.34. The fourth-order valence-corrected chi connectivity index (χ4v) is 3.11. The van der Waals surface area contributed by atoms with Gasteiger partial charge in [-0.25, -0.2) is 0 Å². The number of carbonyl (C=O) groups is 1. The number of amides is 1. The van der Waals surface area contributed by atoms with Crippen molar-refractivity contribution in [2.45, 2.75) is 4.90 Å². The summed E-state index contributed by atoms with van der Waals surface area (Å²) in [5.41, 5.74) is -0.484. The second kappa shape index (κ2) is 9.70. The molecular formula is C18H20N2O7S. The Morgan fingerprint density at radius 3 is 2.11 bits per heavy atom. The monoisotopic (exact) mass is 408 g/mol. The summed E-state index contributed by atoms with van der Waals surface area (Å²) in [6.45, 7) is 0. The maximum absolute atomic E-state index is 12.5. The summed E-state index contributed by atoms with van der Waals surface area (Å²) in [6, 6.07) is 7.79. The van der Waals surface area contributed by atoms with E-state index < -0.39 is 10.8 Å². The summed E-state index contributed by atoms with van der Waals surface area (Å²) >= 11 is 1.33. The number of nitro benzene ring substituents is 1. The van der Waals surface area contributed by atoms with Crippen LogP contribution in [0.3, 0.4) is 0 Å². The van der Waals surface area contributed by atoms with Crippen LogP contribution in [0.1, 0.15) is 10.4 Å². The van der Waals surface area contributed by atoms with Crippen LogP contribution in [0.2, 0.25) is 0 Å². The molecule has 1 N–H and O–H groups in total. The Morgan fingerprint density at radius 1 is 0.964 bits per heavy atom. The Bertz CT molecular complexity index is 873. The van der Waals surface area contributed by atoms with Crippen molar-refractivity contribution in [2.24, 2.45) is 0 Å². The molecule has 0 saturated carbocycles. The highest BCUT2D eigenvalue weighted by molar-refractivity contribution is 7.99. The van der Waals surface area contributed by atoms with Crippen LogP contribution >= 0.6 is 11.8 Å². The Balaban J connectivity index is 2.14. The number of carbonyl (C=O) groups excluding carboxylic acids is 1. The quantitative estimate of drug-likeness (QED) is 0.292. The molecule has 2 rings (SSSR count). The van der Waals surface area contributed by atoms with Gasteiger partial charge in [0.25, 0.3) is 11.6 Å². The number of methoxy groups -OCH3 is 4. The molecule has 0 aliphatic heterocycles. The van der Waals surface area contributed by atoms with Gasteiger partial charge in [-0.05, 0) is 18.2 Å². The minimum atomic E-state index is -0.641. The van der Waals surface area contributed by atoms with Crippen molar-refractivity contribution < 1.29 is 28.7 Å². The van der Waals surface area contributed by atoms with Gasteiger partial charge in [0.2, 0.25) is 0 Å². The number of hydrogen-bond donors (Lipinski definition) is 1. The number of rotatable bonds is 9. The molecule has 150 valence electrons. The highest BCUT2D eigenvalue weighted by Gasteiger charge is 2.24. The molecule has 10 heteroatoms. The number of ether oxygens (including phenoxy) is 4. The van der Waals surface area contributed by atoms with E-state index in [-0.39, 0.29) is 28.6 Å². The molecule has 0 bridgehead atoms. The van der Waals surface area contributed by atoms with E-state index in [1.807, 2.05) is 6.07 Å². The molecule has 0 atom stereocenters. The van der Waals surface area contributed by atoms with E-state index in [2.05, 4.69) is 5.32 Å². The zero-order valence-corrected chi connectivity index (χ0v) is 16.6. The molecule has 0 aliphatic rings. The molecular weight excluding hydrogens is 388 g/mol. The van der Waals surface area contributed by atoms with Gasteiger partial charge in [-0.3, -0.25) is 14.9 Å². The zero-order valence-electron chi connectivity index (χ0n) is 15.8. The highest BCUT2D eigenvalue weighted by atomic mass is 32.2. The van der Waals surface area contributed by atoms with E-state index in [0.29, 0.717) is 11.5 Å². The van der Waals surface area contributed by atoms with Crippen molar-refractivity contribution in [3.05, 3.63) is 46.0 Å². The third kappa shape index (κ3) is 4.77. The van der Waals surface area contributed by atoms with Gasteiger partial charge in [-0.1, -0.05) is 0 Å². The fraction of sp³-hybridized carbons (Fsp3) is 0.278. The Labute approximate surface area is 166 Å². The topological polar surface area (TPSA) is 109 Å². The van der Waals surface area contributed by atoms with E-state index >= 15 is 0 Å². The SMILES string of the molecule is COc1ccc(SCNC(=O)c2cc(OC)c(OC)cc2[N+](=O)[O-])cc1OC. The lowest BCUT2D eigenvalue weighted by Gasteiger charge is -2.11. The molecule has 2 aromatic carbocycles. The van der Waals surface area contributed by atoms with E-state index in [4.69, 9.17) is 18.9 Å². The van der Waals surface area contributed by atoms with Gasteiger partial charge in [-0.2, -0.15) is 0 Å². The summed E-state index contributed by atoms with van der Waals surface area (Å²) < 4.78 is 20.6. The van der Waals surface area contributed by atoms with Gasteiger partial charge < -0.3 is 24.3 Å². The molecule has 1 amide bonds. The van der Waals surface area contributed by atoms with E-state index in [0.717, 1.165) is 11.0 Å². The van der Waals surface area contributed by atoms with Gasteiger partial charge in [-0.15, -0.1) is 11.8 Å². The first-order valence-electron chi connectivity index (χ1n) is 7.98. The maximum atomic E-state index is 12.5. The average Bonchev–Trinajstić information content (AvgIpc) is 2.72. The molecule has 0 aliphatic carbocycles. The van der Waals surface area contributed by atoms with Crippen molar-refractivity contribution in [1.29, 1.82) is 0 Å². The number of nitrogens with one attached hydrogen (secondary N) is 1. The number of hydrogen-bond acceptors (Lipinski definition) is 8. The predicted octanol–water partition coefficient (Wildman–Crippen LogP) is 3.11. The number of thioether (sulfide) groups is 1. The summed E-state index contributed by atoms with van der Waals surface area (Å²) in [5.74, 6) is 1.16. The second-order valence-electron chi connectivity index (χ2n) is 5.29. The fourth-order valence-electron chi connectivity index (χ4n) is 2.39. The van der Waals surface area contributed by atoms with Crippen LogP contribution in [0, 0.1) is 10.1 Å². The molecule has 0 aromatic heterocycles. The lowest BCUT2D eigenvalue weighted by molar-refractivity contribution is -0.385. The molecule has 9 nitrogen and oxygen atoms in total. The zero-order chi connectivity index (χ0) is 20.7. The third-order valence-electron chi connectivity index (χ3n) is 3.77. The molecule has 0 heterocycles. The van der Waals surface area contributed by atoms with Gasteiger partial charge in [0.15, 0.2) is 23.0 Å². The Hall–Kier alpha value is -3.14. The minimum Gasteiger partial charge on any atom is -0.493 e. The van der Waals surface area contributed by atoms with Crippen LogP contribution in [0.5, 0.6) is 23.0 Å². The smallest absolute Gasteiger partial charge is 0.286 e. The van der Waals surface area contributed by atoms with Crippen molar-refractivity contribution >= 4 is 23.4 Å². The van der Waals surface area contributed by atoms with Gasteiger partial charge in [0, 0.05) is 11.0 Å². The van der Waals surface area contributed by atoms with Crippen LogP contribution in [0.25, 0.3) is 0 Å². The van der Waals surface area contributed by atoms with Crippen LogP contribution in [-0.4, -0.2) is 45.1 Å². The highest BCUT2D eigenvalue weighted by Crippen LogP contribution is 2.35. The average molecular weight is 408 g/mol. The first kappa shape index (κ1) is 21.2. The van der Waals surface area contributed by atoms with Gasteiger partial charge in [0.1, 0.15) is 5.56 Å². The van der Waals surface area contributed by atoms with E-state index in [1.165, 1.54) is 39.2 Å². The predicted molar refractivity (Wildman–Crippen MR) is 104 cm³/mol. The molecule has 0 saturated heterocycles. The summed E-state index contributed by atoms with van der Waals surface area (Å²) in [6.07, 6.45) is 0. The number of nitrogens with zero attached hydrogens (tertiary/aromatic N) is 1. The van der Waals surface area contributed by atoms with Crippen molar-refractivity contribution in [2.75, 3.05) is 34.3 Å². The van der Waals surface area contributed by atoms with Crippen molar-refractivity contribution in [3.63, 3.8) is 0 Å². The molecule has 0 spiro atoms. The first-order chi connectivity index (χ1) is 13.4. The molecule has 0 unspecified atom stereocenters. The third-order valence-corrected chi connectivity index (χ3v) is 4.65. The van der Waals surface area contributed by atoms with Crippen LogP contribution in [-0.2, 0) is 0 Å². The largest absolute Gasteiger partial charge is 0.493 e. The lowest BCUT2D eigenvalue weighted by atomic mass is 10.1. The van der Waals surface area contributed by atoms with E-state index in [9.17, 15) is 14.9 Å². The van der Waals surface area contributed by atoms with Crippen molar-refractivity contribution in [1.82, 2.24) is 5.32 Å². The molecule has 28 heavy (non-hydrogen) atoms. The summed E-state index contributed by atoms with van der Waals surface area (Å²) in [4.78, 5) is 24.0. The normalized spacial score (nSPS) is 10.1. The molecule has 2 aromatic rings. The Morgan fingerprint density at radius 2 is 1.54 bits per heavy atom. The first-order valence-corrected chi connectivity index (χ1v) is 8.97. The van der Waals surface area contributed by atoms with Crippen LogP contribution < -0.4 is 24.3 Å². The summed E-state index contributed by atoms with van der Waals surface area (Å²) in [7, 11) is 5.82.